The number of ether oxygens (including phenoxy) is 4. The van der Waals surface area contributed by atoms with Gasteiger partial charge < -0.3 is 18.9 Å². The predicted molar refractivity (Wildman–Crippen MR) is 78.1 cm³/mol. The van der Waals surface area contributed by atoms with Gasteiger partial charge in [-0.15, -0.1) is 0 Å². The van der Waals surface area contributed by atoms with E-state index in [-0.39, 0.29) is 68.2 Å². The zero-order chi connectivity index (χ0) is 17.8. The number of rotatable bonds is 10. The standard InChI is InChI=1S/C15H24O8.Ce/c1-5-20-12(16)10(13(17)21-6-2)9-11(14(18)22-7-3)15(19)23-8-4;/h10-11H,5-9H2,1-4H3;/q;+4. The largest absolute Gasteiger partial charge is 4.00 e. The van der Waals surface area contributed by atoms with Crippen molar-refractivity contribution in [3.8, 4) is 0 Å². The van der Waals surface area contributed by atoms with E-state index in [9.17, 15) is 19.2 Å². The molecular formula is C15H24CeO8+4. The van der Waals surface area contributed by atoms with E-state index in [4.69, 9.17) is 18.9 Å². The molecule has 0 unspecified atom stereocenters. The fourth-order valence-electron chi connectivity index (χ4n) is 1.78. The Morgan fingerprint density at radius 2 is 0.792 bits per heavy atom. The Hall–Kier alpha value is -0.743. The van der Waals surface area contributed by atoms with Crippen molar-refractivity contribution in [3.63, 3.8) is 0 Å². The van der Waals surface area contributed by atoms with Crippen molar-refractivity contribution in [1.82, 2.24) is 0 Å². The molecule has 0 aromatic heterocycles. The second-order valence-corrected chi connectivity index (χ2v) is 4.35. The minimum atomic E-state index is -1.39. The van der Waals surface area contributed by atoms with Crippen LogP contribution in [0.5, 0.6) is 0 Å². The summed E-state index contributed by atoms with van der Waals surface area (Å²) in [5, 5.41) is 0. The van der Waals surface area contributed by atoms with Gasteiger partial charge in [-0.05, 0) is 34.1 Å². The summed E-state index contributed by atoms with van der Waals surface area (Å²) in [7, 11) is 0. The summed E-state index contributed by atoms with van der Waals surface area (Å²) in [6.45, 7) is 6.53. The average Bonchev–Trinajstić information content (AvgIpc) is 2.48. The van der Waals surface area contributed by atoms with Gasteiger partial charge in [0.05, 0.1) is 26.4 Å². The van der Waals surface area contributed by atoms with Crippen molar-refractivity contribution in [2.24, 2.45) is 11.8 Å². The maximum Gasteiger partial charge on any atom is 4.00 e. The maximum absolute atomic E-state index is 11.9. The van der Waals surface area contributed by atoms with Gasteiger partial charge in [0, 0.05) is 0 Å². The van der Waals surface area contributed by atoms with Gasteiger partial charge in [-0.1, -0.05) is 0 Å². The van der Waals surface area contributed by atoms with Gasteiger partial charge in [0.1, 0.15) is 0 Å². The van der Waals surface area contributed by atoms with E-state index >= 15 is 0 Å². The summed E-state index contributed by atoms with van der Waals surface area (Å²) in [5.41, 5.74) is 0. The Labute approximate surface area is 175 Å². The number of hydrogen-bond donors (Lipinski definition) is 0. The first-order valence-corrected chi connectivity index (χ1v) is 7.59. The van der Waals surface area contributed by atoms with Crippen LogP contribution in [-0.2, 0) is 38.1 Å². The Morgan fingerprint density at radius 1 is 0.583 bits per heavy atom. The third-order valence-electron chi connectivity index (χ3n) is 2.76. The molecule has 0 aromatic carbocycles. The van der Waals surface area contributed by atoms with Crippen LogP contribution in [0.15, 0.2) is 0 Å². The predicted octanol–water partition coefficient (Wildman–Crippen LogP) is 0.861. The number of hydrogen-bond acceptors (Lipinski definition) is 8. The zero-order valence-electron chi connectivity index (χ0n) is 14.5. The molecule has 0 spiro atoms. The molecule has 0 aromatic rings. The molecule has 0 atom stereocenters. The SMILES string of the molecule is CCOC(=O)C(CC(C(=O)OCC)C(=O)OCC)C(=O)OCC.[Ce+4]. The van der Waals surface area contributed by atoms with Crippen LogP contribution in [0.25, 0.3) is 0 Å². The van der Waals surface area contributed by atoms with E-state index in [1.165, 1.54) is 0 Å². The normalized spacial score (nSPS) is 9.92. The van der Waals surface area contributed by atoms with Crippen molar-refractivity contribution < 1.29 is 79.9 Å². The summed E-state index contributed by atoms with van der Waals surface area (Å²) in [4.78, 5) is 47.7. The molecule has 8 nitrogen and oxygen atoms in total. The van der Waals surface area contributed by atoms with Crippen LogP contribution in [0, 0.1) is 53.6 Å². The van der Waals surface area contributed by atoms with Crippen LogP contribution in [0.4, 0.5) is 0 Å². The Bertz CT molecular complexity index is 350. The monoisotopic (exact) mass is 472 g/mol. The molecule has 0 saturated heterocycles. The summed E-state index contributed by atoms with van der Waals surface area (Å²) in [6, 6.07) is 0. The fourth-order valence-corrected chi connectivity index (χ4v) is 1.78. The van der Waals surface area contributed by atoms with Gasteiger partial charge in [0.2, 0.25) is 0 Å². The number of carbonyl (C=O) groups excluding carboxylic acids is 4. The molecule has 0 aliphatic carbocycles. The van der Waals surface area contributed by atoms with Gasteiger partial charge in [0.15, 0.2) is 11.8 Å². The molecule has 0 heterocycles. The number of esters is 4. The molecule has 132 valence electrons. The third-order valence-corrected chi connectivity index (χ3v) is 2.76. The zero-order valence-corrected chi connectivity index (χ0v) is 17.6. The first-order valence-electron chi connectivity index (χ1n) is 7.59. The van der Waals surface area contributed by atoms with Crippen molar-refractivity contribution >= 4 is 23.9 Å². The molecule has 0 aliphatic heterocycles. The molecule has 0 amide bonds. The van der Waals surface area contributed by atoms with Crippen LogP contribution in [0.1, 0.15) is 34.1 Å². The van der Waals surface area contributed by atoms with Gasteiger partial charge in [-0.25, -0.2) is 0 Å². The average molecular weight is 472 g/mol. The Balaban J connectivity index is 0. The minimum absolute atomic E-state index is 0. The van der Waals surface area contributed by atoms with Crippen molar-refractivity contribution in [3.05, 3.63) is 0 Å². The first kappa shape index (κ1) is 25.5. The van der Waals surface area contributed by atoms with Crippen molar-refractivity contribution in [2.75, 3.05) is 26.4 Å². The smallest absolute Gasteiger partial charge is 0.465 e. The quantitative estimate of drug-likeness (QED) is 0.262. The molecule has 9 heteroatoms. The molecule has 0 bridgehead atoms. The molecule has 0 fully saturated rings. The van der Waals surface area contributed by atoms with E-state index in [1.54, 1.807) is 27.7 Å². The van der Waals surface area contributed by atoms with Crippen LogP contribution in [0.2, 0.25) is 0 Å². The van der Waals surface area contributed by atoms with Gasteiger partial charge in [0.25, 0.3) is 0 Å². The molecule has 0 saturated carbocycles. The van der Waals surface area contributed by atoms with E-state index < -0.39 is 42.1 Å². The van der Waals surface area contributed by atoms with Gasteiger partial charge in [-0.3, -0.25) is 19.2 Å². The second kappa shape index (κ2) is 14.6. The van der Waals surface area contributed by atoms with Crippen LogP contribution in [0.3, 0.4) is 0 Å². The van der Waals surface area contributed by atoms with E-state index in [2.05, 4.69) is 0 Å². The summed E-state index contributed by atoms with van der Waals surface area (Å²) < 4.78 is 19.2. The topological polar surface area (TPSA) is 105 Å². The summed E-state index contributed by atoms with van der Waals surface area (Å²) >= 11 is 0. The molecule has 24 heavy (non-hydrogen) atoms. The fraction of sp³-hybridized carbons (Fsp3) is 0.733. The molecular weight excluding hydrogens is 448 g/mol. The first-order chi connectivity index (χ1) is 10.9. The minimum Gasteiger partial charge on any atom is -0.465 e. The van der Waals surface area contributed by atoms with E-state index in [0.29, 0.717) is 0 Å². The molecule has 0 radical (unpaired) electrons. The van der Waals surface area contributed by atoms with Crippen LogP contribution in [-0.4, -0.2) is 50.3 Å². The Morgan fingerprint density at radius 3 is 0.958 bits per heavy atom. The second-order valence-electron chi connectivity index (χ2n) is 4.35. The van der Waals surface area contributed by atoms with Crippen molar-refractivity contribution in [1.29, 1.82) is 0 Å². The molecule has 0 aliphatic rings. The Kier molecular flexibility index (Phi) is 15.5. The van der Waals surface area contributed by atoms with Crippen molar-refractivity contribution in [2.45, 2.75) is 34.1 Å². The van der Waals surface area contributed by atoms with Crippen LogP contribution < -0.4 is 0 Å². The van der Waals surface area contributed by atoms with Crippen LogP contribution >= 0.6 is 0 Å². The maximum atomic E-state index is 11.9. The van der Waals surface area contributed by atoms with Gasteiger partial charge >= 0.3 is 65.6 Å². The van der Waals surface area contributed by atoms with E-state index in [0.717, 1.165) is 0 Å². The van der Waals surface area contributed by atoms with Gasteiger partial charge in [-0.2, -0.15) is 0 Å². The number of carbonyl (C=O) groups is 4. The molecule has 0 N–H and O–H groups in total. The van der Waals surface area contributed by atoms with E-state index in [1.807, 2.05) is 0 Å². The summed E-state index contributed by atoms with van der Waals surface area (Å²) in [5.74, 6) is -6.22. The molecule has 0 rings (SSSR count). The third kappa shape index (κ3) is 8.93. The summed E-state index contributed by atoms with van der Waals surface area (Å²) in [6.07, 6.45) is -0.421.